The van der Waals surface area contributed by atoms with Crippen LogP contribution < -0.4 is 30.9 Å². The van der Waals surface area contributed by atoms with E-state index >= 15 is 0 Å². The molecule has 6 N–H and O–H groups in total. The van der Waals surface area contributed by atoms with E-state index in [-0.39, 0.29) is 75.9 Å². The van der Waals surface area contributed by atoms with Crippen molar-refractivity contribution >= 4 is 73.8 Å². The van der Waals surface area contributed by atoms with E-state index in [2.05, 4.69) is 45.8 Å². The number of rotatable bonds is 23. The normalized spacial score (nSPS) is 16.4. The number of likely N-dealkylation sites (tertiary alicyclic amines) is 1. The number of sulfonamides is 1. The quantitative estimate of drug-likeness (QED) is 0.0454. The van der Waals surface area contributed by atoms with Crippen molar-refractivity contribution < 1.29 is 46.9 Å². The van der Waals surface area contributed by atoms with Gasteiger partial charge < -0.3 is 55.3 Å². The van der Waals surface area contributed by atoms with Gasteiger partial charge in [0.05, 0.1) is 53.5 Å². The number of aromatic nitrogens is 3. The lowest BCUT2D eigenvalue weighted by Crippen LogP contribution is -2.58. The first kappa shape index (κ1) is 59.1. The highest BCUT2D eigenvalue weighted by atomic mass is 32.2. The van der Waals surface area contributed by atoms with Gasteiger partial charge in [0, 0.05) is 80.1 Å². The molecule has 0 aliphatic carbocycles. The summed E-state index contributed by atoms with van der Waals surface area (Å²) in [4.78, 5) is 73.4. The topological polar surface area (TPSA) is 259 Å². The van der Waals surface area contributed by atoms with E-state index in [0.717, 1.165) is 38.6 Å². The first-order chi connectivity index (χ1) is 37.0. The number of thiazole rings is 1. The lowest BCUT2D eigenvalue weighted by Gasteiger charge is -2.36. The van der Waals surface area contributed by atoms with Crippen molar-refractivity contribution in [3.8, 4) is 10.4 Å². The highest BCUT2D eigenvalue weighted by Crippen LogP contribution is 2.30. The number of anilines is 5. The molecule has 420 valence electrons. The largest absolute Gasteiger partial charge is 0.391 e. The summed E-state index contributed by atoms with van der Waals surface area (Å²) in [6, 6.07) is 20.3. The van der Waals surface area contributed by atoms with Crippen molar-refractivity contribution in [2.75, 3.05) is 87.9 Å². The molecule has 0 radical (unpaired) electrons. The molecule has 21 nitrogen and oxygen atoms in total. The molecule has 1 unspecified atom stereocenters. The van der Waals surface area contributed by atoms with Crippen molar-refractivity contribution in [2.45, 2.75) is 97.0 Å². The summed E-state index contributed by atoms with van der Waals surface area (Å²) in [7, 11) is -3.73. The molecular weight excluding hydrogens is 1040 g/mol. The minimum Gasteiger partial charge on any atom is -0.391 e. The van der Waals surface area contributed by atoms with Crippen molar-refractivity contribution in [1.29, 1.82) is 0 Å². The number of aliphatic hydroxyl groups excluding tert-OH is 1. The molecule has 2 aliphatic rings. The predicted molar refractivity (Wildman–Crippen MR) is 299 cm³/mol. The Hall–Kier alpha value is -6.60. The van der Waals surface area contributed by atoms with Crippen LogP contribution in [0.1, 0.15) is 64.8 Å². The molecule has 7 rings (SSSR count). The Morgan fingerprint density at radius 3 is 2.15 bits per heavy atom. The van der Waals surface area contributed by atoms with Gasteiger partial charge >= 0.3 is 0 Å². The number of amides is 4. The number of piperazine rings is 1. The Morgan fingerprint density at radius 1 is 0.821 bits per heavy atom. The van der Waals surface area contributed by atoms with Gasteiger partial charge in [-0.1, -0.05) is 51.1 Å². The summed E-state index contributed by atoms with van der Waals surface area (Å²) < 4.78 is 45.3. The third-order valence-electron chi connectivity index (χ3n) is 12.9. The van der Waals surface area contributed by atoms with E-state index in [1.54, 1.807) is 73.0 Å². The lowest BCUT2D eigenvalue weighted by atomic mass is 9.85. The fraction of sp³-hybridized carbons (Fsp3) is 0.473. The number of carbonyl (C=O) groups excluding carboxylic acids is 4. The molecule has 3 aromatic carbocycles. The molecule has 0 bridgehead atoms. The van der Waals surface area contributed by atoms with Gasteiger partial charge in [-0.3, -0.25) is 19.2 Å². The van der Waals surface area contributed by atoms with E-state index in [0.29, 0.717) is 43.6 Å². The van der Waals surface area contributed by atoms with Crippen LogP contribution in [0.2, 0.25) is 0 Å². The van der Waals surface area contributed by atoms with E-state index < -0.39 is 51.0 Å². The fourth-order valence-electron chi connectivity index (χ4n) is 8.80. The Kier molecular flexibility index (Phi) is 20.0. The second-order valence-electron chi connectivity index (χ2n) is 21.4. The second kappa shape index (κ2) is 26.4. The van der Waals surface area contributed by atoms with Gasteiger partial charge in [0.2, 0.25) is 39.6 Å². The Bertz CT molecular complexity index is 2960. The number of carbonyl (C=O) groups is 4. The molecule has 2 saturated heterocycles. The van der Waals surface area contributed by atoms with E-state index in [1.165, 1.54) is 4.90 Å². The summed E-state index contributed by atoms with van der Waals surface area (Å²) in [5.74, 6) is -0.591. The van der Waals surface area contributed by atoms with Gasteiger partial charge in [-0.15, -0.1) is 11.3 Å². The molecule has 4 amide bonds. The second-order valence-corrected chi connectivity index (χ2v) is 24.0. The van der Waals surface area contributed by atoms with Crippen LogP contribution in [0, 0.1) is 19.3 Å². The maximum atomic E-state index is 14.0. The van der Waals surface area contributed by atoms with E-state index in [4.69, 9.17) is 14.2 Å². The highest BCUT2D eigenvalue weighted by molar-refractivity contribution is 7.89. The highest BCUT2D eigenvalue weighted by Gasteiger charge is 2.44. The monoisotopic (exact) mass is 1110 g/mol. The van der Waals surface area contributed by atoms with E-state index in [9.17, 15) is 32.7 Å². The summed E-state index contributed by atoms with van der Waals surface area (Å²) in [6.07, 6.45) is 0.876. The zero-order valence-electron chi connectivity index (χ0n) is 45.6. The minimum absolute atomic E-state index is 0.0355. The molecule has 0 spiro atoms. The number of aliphatic hydroxyl groups is 1. The molecule has 78 heavy (non-hydrogen) atoms. The molecular formula is C55H73N11O10S2. The first-order valence-corrected chi connectivity index (χ1v) is 28.3. The number of aryl methyl sites for hydroxylation is 2. The average molecular weight is 1110 g/mol. The first-order valence-electron chi connectivity index (χ1n) is 26.0. The molecule has 3 atom stereocenters. The average Bonchev–Trinajstić information content (AvgIpc) is 4.02. The van der Waals surface area contributed by atoms with Gasteiger partial charge in [0.25, 0.3) is 0 Å². The number of hydrogen-bond acceptors (Lipinski definition) is 17. The summed E-state index contributed by atoms with van der Waals surface area (Å²) in [5, 5.41) is 22.7. The van der Waals surface area contributed by atoms with Crippen LogP contribution in [0.5, 0.6) is 0 Å². The van der Waals surface area contributed by atoms with Gasteiger partial charge in [-0.2, -0.15) is 4.98 Å². The summed E-state index contributed by atoms with van der Waals surface area (Å²) >= 11 is 1.56. The number of hydrogen-bond donors (Lipinski definition) is 6. The number of benzene rings is 3. The minimum atomic E-state index is -3.73. The molecule has 4 heterocycles. The van der Waals surface area contributed by atoms with Crippen molar-refractivity contribution in [1.82, 2.24) is 40.1 Å². The van der Waals surface area contributed by atoms with Crippen LogP contribution in [0.25, 0.3) is 10.4 Å². The fourth-order valence-corrected chi connectivity index (χ4v) is 11.1. The van der Waals surface area contributed by atoms with Crippen LogP contribution in [-0.4, -0.2) is 158 Å². The number of β-amino-alcohol motifs (C(OH)–C–C–N with tert-alkyl or cyclic N) is 1. The van der Waals surface area contributed by atoms with Crippen LogP contribution in [-0.2, 0) is 50.0 Å². The lowest BCUT2D eigenvalue weighted by molar-refractivity contribution is -0.144. The SMILES string of the molecule is Cc1cnc(Nc2ccc(N3CCN(C(=O)COCCOCCOCC(=O)N[C@H](C(=O)N4C[C@H](O)CC4C(=O)NCc4ccc(-c5scnc5C)cc4)C(C)(C)C)CC3)cc2)nc1Nc1cccc(S(=O)(=O)NC(C)(C)C)c1. The maximum Gasteiger partial charge on any atom is 0.248 e. The van der Waals surface area contributed by atoms with Gasteiger partial charge in [0.15, 0.2) is 0 Å². The number of nitrogens with one attached hydrogen (secondary N) is 5. The van der Waals surface area contributed by atoms with Gasteiger partial charge in [-0.05, 0) is 93.6 Å². The molecule has 23 heteroatoms. The van der Waals surface area contributed by atoms with Gasteiger partial charge in [-0.25, -0.2) is 23.1 Å². The number of ether oxygens (including phenoxy) is 3. The molecule has 2 aliphatic heterocycles. The Labute approximate surface area is 460 Å². The predicted octanol–water partition coefficient (Wildman–Crippen LogP) is 5.29. The van der Waals surface area contributed by atoms with Crippen LogP contribution >= 0.6 is 11.3 Å². The maximum absolute atomic E-state index is 14.0. The third kappa shape index (κ3) is 16.7. The van der Waals surface area contributed by atoms with Crippen molar-refractivity contribution in [3.63, 3.8) is 0 Å². The number of nitrogens with zero attached hydrogens (tertiary/aromatic N) is 6. The van der Waals surface area contributed by atoms with Crippen molar-refractivity contribution in [3.05, 3.63) is 101 Å². The summed E-state index contributed by atoms with van der Waals surface area (Å²) in [6.45, 7) is 17.5. The van der Waals surface area contributed by atoms with Crippen LogP contribution in [0.15, 0.2) is 89.4 Å². The summed E-state index contributed by atoms with van der Waals surface area (Å²) in [5.41, 5.74) is 6.44. The standard InChI is InChI=1S/C55H73N11O10S2/c1-36-30-57-53(62-50(36)59-41-10-9-11-44(28-41)78(72,73)63-55(6,7)8)60-40-16-18-42(19-17-40)64-20-22-65(23-21-64)47(69)34-76-27-25-74-24-26-75-33-46(68)61-49(54(3,4)5)52(71)66-32-43(67)29-45(66)51(70)56-31-38-12-14-39(15-13-38)48-37(2)58-35-77-48/h9-19,28,30,35,43,45,49,63,67H,20-27,29,31-34H2,1-8H3,(H,56,70)(H,61,68)(H2,57,59,60,62)/t43-,45?,49-/m1/s1. The van der Waals surface area contributed by atoms with E-state index in [1.807, 2.05) is 83.1 Å². The smallest absolute Gasteiger partial charge is 0.248 e. The molecule has 5 aromatic rings. The van der Waals surface area contributed by atoms with Gasteiger partial charge in [0.1, 0.15) is 31.1 Å². The molecule has 2 aromatic heterocycles. The van der Waals surface area contributed by atoms with Crippen molar-refractivity contribution in [2.24, 2.45) is 5.41 Å². The molecule has 0 saturated carbocycles. The third-order valence-corrected chi connectivity index (χ3v) is 15.6. The zero-order chi connectivity index (χ0) is 56.2. The van der Waals surface area contributed by atoms with Crippen LogP contribution in [0.4, 0.5) is 28.8 Å². The Balaban J connectivity index is 0.757. The van der Waals surface area contributed by atoms with Crippen LogP contribution in [0.3, 0.4) is 0 Å². The zero-order valence-corrected chi connectivity index (χ0v) is 47.3. The molecule has 2 fully saturated rings. The Morgan fingerprint density at radius 2 is 1.50 bits per heavy atom.